The average molecular weight is 243 g/mol. The van der Waals surface area contributed by atoms with E-state index in [9.17, 15) is 0 Å². The summed E-state index contributed by atoms with van der Waals surface area (Å²) in [5.74, 6) is 0.555. The van der Waals surface area contributed by atoms with Gasteiger partial charge in [0.1, 0.15) is 16.9 Å². The molecule has 0 atom stereocenters. The minimum atomic E-state index is 0.342. The fraction of sp³-hybridized carbons (Fsp3) is 0.222. The number of hydrogen-bond donors (Lipinski definition) is 0. The molecule has 2 heterocycles. The molecule has 0 saturated carbocycles. The first kappa shape index (κ1) is 10.4. The molecule has 4 nitrogen and oxygen atoms in total. The summed E-state index contributed by atoms with van der Waals surface area (Å²) in [6, 6.07) is 3.41. The molecule has 0 spiro atoms. The van der Waals surface area contributed by atoms with Crippen molar-refractivity contribution >= 4 is 23.2 Å². The molecule has 15 heavy (non-hydrogen) atoms. The van der Waals surface area contributed by atoms with Crippen molar-refractivity contribution < 1.29 is 0 Å². The summed E-state index contributed by atoms with van der Waals surface area (Å²) in [5, 5.41) is 4.81. The first-order valence-corrected chi connectivity index (χ1v) is 5.08. The molecule has 2 aromatic rings. The van der Waals surface area contributed by atoms with Gasteiger partial charge in [-0.3, -0.25) is 4.68 Å². The van der Waals surface area contributed by atoms with Gasteiger partial charge in [0.15, 0.2) is 5.82 Å². The maximum Gasteiger partial charge on any atom is 0.153 e. The highest BCUT2D eigenvalue weighted by atomic mass is 35.5. The number of hydrogen-bond acceptors (Lipinski definition) is 3. The van der Waals surface area contributed by atoms with Gasteiger partial charge in [-0.2, -0.15) is 5.10 Å². The van der Waals surface area contributed by atoms with E-state index in [1.165, 1.54) is 6.07 Å². The molecule has 0 saturated heterocycles. The molecular formula is C9H8Cl2N4. The Morgan fingerprint density at radius 3 is 2.47 bits per heavy atom. The van der Waals surface area contributed by atoms with Crippen molar-refractivity contribution in [3.63, 3.8) is 0 Å². The molecule has 0 aromatic carbocycles. The minimum absolute atomic E-state index is 0.342. The van der Waals surface area contributed by atoms with Gasteiger partial charge in [-0.15, -0.1) is 0 Å². The standard InChI is InChI=1S/C9H8Cl2N4/c1-6-2-3-12-15(6)5-9-13-7(10)4-8(11)14-9/h2-4H,5H2,1H3. The van der Waals surface area contributed by atoms with Crippen LogP contribution in [0.4, 0.5) is 0 Å². The third kappa shape index (κ3) is 2.46. The molecule has 2 rings (SSSR count). The molecular weight excluding hydrogens is 235 g/mol. The van der Waals surface area contributed by atoms with E-state index in [0.717, 1.165) is 5.69 Å². The van der Waals surface area contributed by atoms with E-state index < -0.39 is 0 Å². The van der Waals surface area contributed by atoms with E-state index >= 15 is 0 Å². The van der Waals surface area contributed by atoms with E-state index in [2.05, 4.69) is 15.1 Å². The maximum atomic E-state index is 5.76. The lowest BCUT2D eigenvalue weighted by Gasteiger charge is -2.03. The summed E-state index contributed by atoms with van der Waals surface area (Å²) in [6.07, 6.45) is 1.72. The van der Waals surface area contributed by atoms with E-state index in [0.29, 0.717) is 22.7 Å². The summed E-state index contributed by atoms with van der Waals surface area (Å²) in [6.45, 7) is 2.43. The van der Waals surface area contributed by atoms with Crippen LogP contribution in [0.3, 0.4) is 0 Å². The fourth-order valence-electron chi connectivity index (χ4n) is 1.20. The zero-order valence-electron chi connectivity index (χ0n) is 7.98. The van der Waals surface area contributed by atoms with Crippen molar-refractivity contribution in [3.8, 4) is 0 Å². The molecule has 0 aliphatic heterocycles. The molecule has 6 heteroatoms. The highest BCUT2D eigenvalue weighted by molar-refractivity contribution is 6.33. The Labute approximate surface area is 96.9 Å². The van der Waals surface area contributed by atoms with Crippen molar-refractivity contribution in [2.24, 2.45) is 0 Å². The van der Waals surface area contributed by atoms with Gasteiger partial charge in [0.25, 0.3) is 0 Å². The Balaban J connectivity index is 2.28. The first-order chi connectivity index (χ1) is 7.15. The summed E-state index contributed by atoms with van der Waals surface area (Å²) in [4.78, 5) is 8.12. The maximum absolute atomic E-state index is 5.76. The number of nitrogens with zero attached hydrogens (tertiary/aromatic N) is 4. The van der Waals surface area contributed by atoms with E-state index in [1.807, 2.05) is 13.0 Å². The van der Waals surface area contributed by atoms with Crippen LogP contribution in [0.2, 0.25) is 10.3 Å². The predicted octanol–water partition coefficient (Wildman–Crippen LogP) is 2.34. The summed E-state index contributed by atoms with van der Waals surface area (Å²) < 4.78 is 1.78. The van der Waals surface area contributed by atoms with Gasteiger partial charge in [-0.05, 0) is 13.0 Å². The second-order valence-electron chi connectivity index (χ2n) is 3.06. The Morgan fingerprint density at radius 1 is 1.27 bits per heavy atom. The number of halogens is 2. The van der Waals surface area contributed by atoms with Crippen LogP contribution < -0.4 is 0 Å². The predicted molar refractivity (Wildman–Crippen MR) is 58.1 cm³/mol. The lowest BCUT2D eigenvalue weighted by atomic mass is 10.4. The summed E-state index contributed by atoms with van der Waals surface area (Å²) in [7, 11) is 0. The molecule has 0 unspecified atom stereocenters. The Morgan fingerprint density at radius 2 is 1.93 bits per heavy atom. The van der Waals surface area contributed by atoms with Gasteiger partial charge in [-0.25, -0.2) is 9.97 Å². The van der Waals surface area contributed by atoms with Gasteiger partial charge in [0, 0.05) is 18.0 Å². The zero-order chi connectivity index (χ0) is 10.8. The van der Waals surface area contributed by atoms with Crippen LogP contribution in [0.1, 0.15) is 11.5 Å². The summed E-state index contributed by atoms with van der Waals surface area (Å²) >= 11 is 11.5. The van der Waals surface area contributed by atoms with Gasteiger partial charge >= 0.3 is 0 Å². The van der Waals surface area contributed by atoms with E-state index in [4.69, 9.17) is 23.2 Å². The molecule has 0 aliphatic rings. The van der Waals surface area contributed by atoms with Crippen LogP contribution in [0.5, 0.6) is 0 Å². The summed E-state index contributed by atoms with van der Waals surface area (Å²) in [5.41, 5.74) is 1.04. The molecule has 0 N–H and O–H groups in total. The van der Waals surface area contributed by atoms with Crippen molar-refractivity contribution in [1.82, 2.24) is 19.7 Å². The number of aromatic nitrogens is 4. The Hall–Kier alpha value is -1.13. The number of rotatable bonds is 2. The molecule has 0 bridgehead atoms. The Bertz CT molecular complexity index is 460. The molecule has 0 aliphatic carbocycles. The van der Waals surface area contributed by atoms with E-state index in [1.54, 1.807) is 10.9 Å². The van der Waals surface area contributed by atoms with Gasteiger partial charge in [0.05, 0.1) is 0 Å². The Kier molecular flexibility index (Phi) is 2.88. The smallest absolute Gasteiger partial charge is 0.153 e. The zero-order valence-corrected chi connectivity index (χ0v) is 9.50. The van der Waals surface area contributed by atoms with Crippen molar-refractivity contribution in [3.05, 3.63) is 40.2 Å². The van der Waals surface area contributed by atoms with Gasteiger partial charge in [-0.1, -0.05) is 23.2 Å². The molecule has 78 valence electrons. The van der Waals surface area contributed by atoms with Crippen molar-refractivity contribution in [2.75, 3.05) is 0 Å². The largest absolute Gasteiger partial charge is 0.262 e. The van der Waals surface area contributed by atoms with Gasteiger partial charge < -0.3 is 0 Å². The van der Waals surface area contributed by atoms with E-state index in [-0.39, 0.29) is 0 Å². The lowest BCUT2D eigenvalue weighted by Crippen LogP contribution is -2.07. The van der Waals surface area contributed by atoms with Crippen LogP contribution in [0, 0.1) is 6.92 Å². The molecule has 2 aromatic heterocycles. The normalized spacial score (nSPS) is 10.6. The SMILES string of the molecule is Cc1ccnn1Cc1nc(Cl)cc(Cl)n1. The average Bonchev–Trinajstić information content (AvgIpc) is 2.50. The van der Waals surface area contributed by atoms with Crippen LogP contribution in [-0.2, 0) is 6.54 Å². The second-order valence-corrected chi connectivity index (χ2v) is 3.83. The molecule has 0 fully saturated rings. The third-order valence-electron chi connectivity index (χ3n) is 1.93. The van der Waals surface area contributed by atoms with Crippen molar-refractivity contribution in [1.29, 1.82) is 0 Å². The minimum Gasteiger partial charge on any atom is -0.262 e. The van der Waals surface area contributed by atoms with Crippen LogP contribution in [0.25, 0.3) is 0 Å². The molecule has 0 amide bonds. The topological polar surface area (TPSA) is 43.6 Å². The fourth-order valence-corrected chi connectivity index (χ4v) is 1.66. The first-order valence-electron chi connectivity index (χ1n) is 4.32. The third-order valence-corrected chi connectivity index (χ3v) is 2.32. The highest BCUT2D eigenvalue weighted by Crippen LogP contribution is 2.12. The monoisotopic (exact) mass is 242 g/mol. The highest BCUT2D eigenvalue weighted by Gasteiger charge is 2.04. The quantitative estimate of drug-likeness (QED) is 0.760. The van der Waals surface area contributed by atoms with Crippen LogP contribution in [0.15, 0.2) is 18.3 Å². The number of aryl methyl sites for hydroxylation is 1. The van der Waals surface area contributed by atoms with Crippen LogP contribution in [-0.4, -0.2) is 19.7 Å². The molecule has 0 radical (unpaired) electrons. The lowest BCUT2D eigenvalue weighted by molar-refractivity contribution is 0.637. The van der Waals surface area contributed by atoms with Crippen LogP contribution >= 0.6 is 23.2 Å². The second kappa shape index (κ2) is 4.16. The van der Waals surface area contributed by atoms with Gasteiger partial charge in [0.2, 0.25) is 0 Å². The van der Waals surface area contributed by atoms with Crippen molar-refractivity contribution in [2.45, 2.75) is 13.5 Å².